The molecule has 0 radical (unpaired) electrons. The number of amides is 2. The topological polar surface area (TPSA) is 61.4 Å². The predicted octanol–water partition coefficient (Wildman–Crippen LogP) is 1.13. The van der Waals surface area contributed by atoms with Crippen molar-refractivity contribution in [1.29, 1.82) is 0 Å². The summed E-state index contributed by atoms with van der Waals surface area (Å²) in [4.78, 5) is 25.6. The molecule has 2 N–H and O–H groups in total. The molecule has 1 aliphatic rings. The molecule has 21 heavy (non-hydrogen) atoms. The van der Waals surface area contributed by atoms with Gasteiger partial charge in [-0.25, -0.2) is 0 Å². The van der Waals surface area contributed by atoms with Crippen molar-refractivity contribution in [1.82, 2.24) is 15.5 Å². The van der Waals surface area contributed by atoms with Crippen LogP contribution in [0.3, 0.4) is 0 Å². The lowest BCUT2D eigenvalue weighted by Gasteiger charge is -2.18. The van der Waals surface area contributed by atoms with Gasteiger partial charge in [-0.2, -0.15) is 0 Å². The van der Waals surface area contributed by atoms with Crippen LogP contribution in [0.2, 0.25) is 0 Å². The largest absolute Gasteiger partial charge is 0.354 e. The summed E-state index contributed by atoms with van der Waals surface area (Å²) >= 11 is 0. The summed E-state index contributed by atoms with van der Waals surface area (Å²) in [5.74, 6) is 0.158. The summed E-state index contributed by atoms with van der Waals surface area (Å²) in [6.45, 7) is 6.44. The van der Waals surface area contributed by atoms with Gasteiger partial charge in [0.2, 0.25) is 5.91 Å². The number of benzene rings is 1. The van der Waals surface area contributed by atoms with Gasteiger partial charge in [-0.15, -0.1) is 0 Å². The molecule has 1 aliphatic heterocycles. The average molecular weight is 289 g/mol. The molecule has 114 valence electrons. The highest BCUT2D eigenvalue weighted by atomic mass is 16.2. The second-order valence-electron chi connectivity index (χ2n) is 5.95. The van der Waals surface area contributed by atoms with Crippen molar-refractivity contribution in [2.45, 2.75) is 26.9 Å². The standard InChI is InChI=1S/C16H23N3O2/c1-11(2)7-18-15(20)10-19(3)16(21)12-4-5-13-8-17-9-14(13)6-12/h4-6,11,17H,7-10H2,1-3H3,(H,18,20). The molecule has 0 spiro atoms. The Bertz CT molecular complexity index is 540. The molecule has 0 aliphatic carbocycles. The van der Waals surface area contributed by atoms with Crippen LogP contribution in [0.1, 0.15) is 35.3 Å². The lowest BCUT2D eigenvalue weighted by molar-refractivity contribution is -0.121. The number of nitrogens with one attached hydrogen (secondary N) is 2. The van der Waals surface area contributed by atoms with E-state index in [9.17, 15) is 9.59 Å². The maximum Gasteiger partial charge on any atom is 0.254 e. The van der Waals surface area contributed by atoms with Crippen LogP contribution in [0.15, 0.2) is 18.2 Å². The van der Waals surface area contributed by atoms with E-state index in [-0.39, 0.29) is 18.4 Å². The average Bonchev–Trinajstić information content (AvgIpc) is 2.91. The zero-order valence-corrected chi connectivity index (χ0v) is 12.9. The van der Waals surface area contributed by atoms with Gasteiger partial charge < -0.3 is 15.5 Å². The van der Waals surface area contributed by atoms with Crippen LogP contribution in [0.5, 0.6) is 0 Å². The van der Waals surface area contributed by atoms with Crippen LogP contribution < -0.4 is 10.6 Å². The summed E-state index contributed by atoms with van der Waals surface area (Å²) in [5, 5.41) is 6.07. The van der Waals surface area contributed by atoms with Gasteiger partial charge in [0.1, 0.15) is 0 Å². The second-order valence-corrected chi connectivity index (χ2v) is 5.95. The van der Waals surface area contributed by atoms with E-state index in [0.29, 0.717) is 18.0 Å². The fourth-order valence-corrected chi connectivity index (χ4v) is 2.31. The second kappa shape index (κ2) is 6.72. The fourth-order valence-electron chi connectivity index (χ4n) is 2.31. The number of hydrogen-bond acceptors (Lipinski definition) is 3. The molecule has 5 nitrogen and oxygen atoms in total. The van der Waals surface area contributed by atoms with Crippen LogP contribution in [-0.4, -0.2) is 36.9 Å². The minimum absolute atomic E-state index is 0.0842. The Hall–Kier alpha value is -1.88. The summed E-state index contributed by atoms with van der Waals surface area (Å²) in [5.41, 5.74) is 3.04. The molecule has 1 aromatic carbocycles. The smallest absolute Gasteiger partial charge is 0.254 e. The van der Waals surface area contributed by atoms with E-state index in [2.05, 4.69) is 10.6 Å². The Labute approximate surface area is 125 Å². The third-order valence-electron chi connectivity index (χ3n) is 3.52. The zero-order chi connectivity index (χ0) is 15.4. The molecule has 5 heteroatoms. The molecule has 0 fully saturated rings. The first-order chi connectivity index (χ1) is 9.97. The highest BCUT2D eigenvalue weighted by Crippen LogP contribution is 2.17. The summed E-state index contributed by atoms with van der Waals surface area (Å²) in [7, 11) is 1.66. The first-order valence-corrected chi connectivity index (χ1v) is 7.32. The van der Waals surface area contributed by atoms with Crippen LogP contribution in [0, 0.1) is 5.92 Å². The summed E-state index contributed by atoms with van der Waals surface area (Å²) in [6.07, 6.45) is 0. The minimum atomic E-state index is -0.123. The molecule has 2 rings (SSSR count). The SMILES string of the molecule is CC(C)CNC(=O)CN(C)C(=O)c1ccc2c(c1)CNC2. The number of rotatable bonds is 5. The van der Waals surface area contributed by atoms with E-state index < -0.39 is 0 Å². The highest BCUT2D eigenvalue weighted by Gasteiger charge is 2.17. The molecule has 2 amide bonds. The van der Waals surface area contributed by atoms with Crippen molar-refractivity contribution in [3.05, 3.63) is 34.9 Å². The van der Waals surface area contributed by atoms with Gasteiger partial charge in [-0.05, 0) is 29.2 Å². The van der Waals surface area contributed by atoms with Crippen molar-refractivity contribution in [3.8, 4) is 0 Å². The zero-order valence-electron chi connectivity index (χ0n) is 12.9. The van der Waals surface area contributed by atoms with Crippen LogP contribution in [0.25, 0.3) is 0 Å². The van der Waals surface area contributed by atoms with Crippen molar-refractivity contribution in [2.24, 2.45) is 5.92 Å². The lowest BCUT2D eigenvalue weighted by atomic mass is 10.1. The number of fused-ring (bicyclic) bond motifs is 1. The number of carbonyl (C=O) groups is 2. The first-order valence-electron chi connectivity index (χ1n) is 7.32. The monoisotopic (exact) mass is 289 g/mol. The predicted molar refractivity (Wildman–Crippen MR) is 81.8 cm³/mol. The van der Waals surface area contributed by atoms with Gasteiger partial charge in [-0.3, -0.25) is 9.59 Å². The quantitative estimate of drug-likeness (QED) is 0.854. The summed E-state index contributed by atoms with van der Waals surface area (Å²) < 4.78 is 0. The normalized spacial score (nSPS) is 13.1. The molecule has 0 saturated carbocycles. The number of likely N-dealkylation sites (N-methyl/N-ethyl adjacent to an activating group) is 1. The molecule has 0 atom stereocenters. The molecular weight excluding hydrogens is 266 g/mol. The minimum Gasteiger partial charge on any atom is -0.354 e. The van der Waals surface area contributed by atoms with Crippen molar-refractivity contribution >= 4 is 11.8 Å². The van der Waals surface area contributed by atoms with Gasteiger partial charge in [0.05, 0.1) is 6.54 Å². The molecule has 1 heterocycles. The van der Waals surface area contributed by atoms with E-state index in [1.165, 1.54) is 16.0 Å². The molecular formula is C16H23N3O2. The van der Waals surface area contributed by atoms with E-state index in [4.69, 9.17) is 0 Å². The van der Waals surface area contributed by atoms with E-state index in [1.54, 1.807) is 7.05 Å². The van der Waals surface area contributed by atoms with Gasteiger partial charge in [0, 0.05) is 32.2 Å². The highest BCUT2D eigenvalue weighted by molar-refractivity contribution is 5.96. The number of carbonyl (C=O) groups excluding carboxylic acids is 2. The van der Waals surface area contributed by atoms with Gasteiger partial charge in [-0.1, -0.05) is 19.9 Å². The Morgan fingerprint density at radius 1 is 1.29 bits per heavy atom. The van der Waals surface area contributed by atoms with Gasteiger partial charge in [0.25, 0.3) is 5.91 Å². The van der Waals surface area contributed by atoms with Crippen molar-refractivity contribution in [2.75, 3.05) is 20.1 Å². The Morgan fingerprint density at radius 3 is 2.71 bits per heavy atom. The maximum absolute atomic E-state index is 12.3. The lowest BCUT2D eigenvalue weighted by Crippen LogP contribution is -2.39. The number of nitrogens with zero attached hydrogens (tertiary/aromatic N) is 1. The van der Waals surface area contributed by atoms with Crippen LogP contribution in [0.4, 0.5) is 0 Å². The van der Waals surface area contributed by atoms with Crippen molar-refractivity contribution in [3.63, 3.8) is 0 Å². The molecule has 0 aromatic heterocycles. The molecule has 0 saturated heterocycles. The fraction of sp³-hybridized carbons (Fsp3) is 0.500. The summed E-state index contributed by atoms with van der Waals surface area (Å²) in [6, 6.07) is 5.73. The molecule has 0 bridgehead atoms. The van der Waals surface area contributed by atoms with Gasteiger partial charge >= 0.3 is 0 Å². The first kappa shape index (κ1) is 15.5. The van der Waals surface area contributed by atoms with E-state index >= 15 is 0 Å². The third-order valence-corrected chi connectivity index (χ3v) is 3.52. The van der Waals surface area contributed by atoms with Crippen LogP contribution in [-0.2, 0) is 17.9 Å². The molecule has 1 aromatic rings. The van der Waals surface area contributed by atoms with E-state index in [0.717, 1.165) is 13.1 Å². The van der Waals surface area contributed by atoms with Crippen LogP contribution >= 0.6 is 0 Å². The Balaban J connectivity index is 1.94. The number of hydrogen-bond donors (Lipinski definition) is 2. The molecule has 0 unspecified atom stereocenters. The third kappa shape index (κ3) is 4.04. The van der Waals surface area contributed by atoms with E-state index in [1.807, 2.05) is 32.0 Å². The van der Waals surface area contributed by atoms with Crippen molar-refractivity contribution < 1.29 is 9.59 Å². The maximum atomic E-state index is 12.3. The Kier molecular flexibility index (Phi) is 4.96. The Morgan fingerprint density at radius 2 is 2.00 bits per heavy atom. The van der Waals surface area contributed by atoms with Gasteiger partial charge in [0.15, 0.2) is 0 Å².